The molecular weight excluding hydrogens is 532 g/mol. The summed E-state index contributed by atoms with van der Waals surface area (Å²) >= 11 is 1.26. The highest BCUT2D eigenvalue weighted by molar-refractivity contribution is 7.22. The van der Waals surface area contributed by atoms with Crippen molar-refractivity contribution in [2.75, 3.05) is 26.2 Å². The van der Waals surface area contributed by atoms with E-state index in [-0.39, 0.29) is 17.4 Å². The average Bonchev–Trinajstić information content (AvgIpc) is 3.63. The molecule has 10 heteroatoms. The molecule has 1 N–H and O–H groups in total. The van der Waals surface area contributed by atoms with E-state index in [1.54, 1.807) is 55.6 Å². The first kappa shape index (κ1) is 25.7. The molecule has 3 heterocycles. The number of nitrogens with zero attached hydrogens (tertiary/aromatic N) is 2. The first-order chi connectivity index (χ1) is 19.3. The first-order valence-corrected chi connectivity index (χ1v) is 13.4. The van der Waals surface area contributed by atoms with Crippen molar-refractivity contribution in [2.24, 2.45) is 0 Å². The van der Waals surface area contributed by atoms with Crippen LogP contribution in [0.25, 0.3) is 16.0 Å². The van der Waals surface area contributed by atoms with Crippen LogP contribution < -0.4 is 23.8 Å². The number of hydrogen-bond acceptors (Lipinski definition) is 9. The minimum absolute atomic E-state index is 0.0161. The highest BCUT2D eigenvalue weighted by Crippen LogP contribution is 2.46. The lowest BCUT2D eigenvalue weighted by Gasteiger charge is -2.23. The molecule has 0 unspecified atom stereocenters. The van der Waals surface area contributed by atoms with E-state index in [4.69, 9.17) is 18.9 Å². The number of aromatic nitrogens is 1. The molecule has 40 heavy (non-hydrogen) atoms. The Morgan fingerprint density at radius 2 is 1.80 bits per heavy atom. The fourth-order valence-electron chi connectivity index (χ4n) is 5.22. The maximum Gasteiger partial charge on any atom is 0.301 e. The van der Waals surface area contributed by atoms with Gasteiger partial charge in [-0.15, -0.1) is 0 Å². The minimum Gasteiger partial charge on any atom is -0.507 e. The van der Waals surface area contributed by atoms with Crippen LogP contribution in [0.1, 0.15) is 29.7 Å². The van der Waals surface area contributed by atoms with Crippen LogP contribution in [0.15, 0.2) is 60.2 Å². The van der Waals surface area contributed by atoms with E-state index in [1.165, 1.54) is 30.5 Å². The second-order valence-corrected chi connectivity index (χ2v) is 10.6. The van der Waals surface area contributed by atoms with Gasteiger partial charge in [0.25, 0.3) is 5.78 Å². The monoisotopic (exact) mass is 558 g/mol. The smallest absolute Gasteiger partial charge is 0.301 e. The van der Waals surface area contributed by atoms with E-state index >= 15 is 0 Å². The molecule has 6 rings (SSSR count). The van der Waals surface area contributed by atoms with Gasteiger partial charge in [-0.2, -0.15) is 0 Å². The lowest BCUT2D eigenvalue weighted by molar-refractivity contribution is -0.132. The van der Waals surface area contributed by atoms with Crippen LogP contribution in [0.3, 0.4) is 0 Å². The summed E-state index contributed by atoms with van der Waals surface area (Å²) in [6, 6.07) is 14.8. The van der Waals surface area contributed by atoms with Crippen LogP contribution >= 0.6 is 11.3 Å². The Morgan fingerprint density at radius 3 is 2.55 bits per heavy atom. The number of ketones is 1. The topological polar surface area (TPSA) is 107 Å². The van der Waals surface area contributed by atoms with Crippen molar-refractivity contribution in [1.29, 1.82) is 0 Å². The van der Waals surface area contributed by atoms with Crippen LogP contribution in [0.5, 0.6) is 23.0 Å². The van der Waals surface area contributed by atoms with Gasteiger partial charge >= 0.3 is 5.91 Å². The van der Waals surface area contributed by atoms with Crippen molar-refractivity contribution < 1.29 is 33.6 Å². The number of methoxy groups -OCH3 is 3. The van der Waals surface area contributed by atoms with E-state index < -0.39 is 17.7 Å². The number of fused-ring (bicyclic) bond motifs is 2. The molecule has 2 atom stereocenters. The molecule has 1 saturated heterocycles. The second-order valence-electron chi connectivity index (χ2n) is 9.57. The van der Waals surface area contributed by atoms with Crippen LogP contribution in [-0.2, 0) is 16.0 Å². The van der Waals surface area contributed by atoms with Gasteiger partial charge in [0.1, 0.15) is 23.4 Å². The van der Waals surface area contributed by atoms with Gasteiger partial charge in [0.15, 0.2) is 16.6 Å². The van der Waals surface area contributed by atoms with Gasteiger partial charge in [0.05, 0.1) is 43.2 Å². The maximum atomic E-state index is 13.6. The molecule has 0 spiro atoms. The van der Waals surface area contributed by atoms with Crippen LogP contribution in [0.4, 0.5) is 5.13 Å². The molecule has 4 aromatic rings. The molecular formula is C30H26N2O7S. The van der Waals surface area contributed by atoms with Gasteiger partial charge in [-0.3, -0.25) is 14.5 Å². The number of thiazole rings is 1. The van der Waals surface area contributed by atoms with Crippen molar-refractivity contribution in [2.45, 2.75) is 25.5 Å². The van der Waals surface area contributed by atoms with Crippen molar-refractivity contribution in [3.63, 3.8) is 0 Å². The zero-order valence-corrected chi connectivity index (χ0v) is 23.1. The number of aliphatic hydroxyl groups excluding tert-OH is 1. The number of aliphatic hydroxyl groups is 1. The van der Waals surface area contributed by atoms with E-state index in [0.29, 0.717) is 45.4 Å². The molecule has 204 valence electrons. The number of anilines is 1. The van der Waals surface area contributed by atoms with Gasteiger partial charge in [-0.25, -0.2) is 4.98 Å². The lowest BCUT2D eigenvalue weighted by atomic mass is 9.94. The third kappa shape index (κ3) is 4.12. The van der Waals surface area contributed by atoms with E-state index in [0.717, 1.165) is 16.0 Å². The molecule has 2 aliphatic heterocycles. The quantitative estimate of drug-likeness (QED) is 0.194. The minimum atomic E-state index is -0.967. The van der Waals surface area contributed by atoms with Gasteiger partial charge in [0, 0.05) is 12.0 Å². The fraction of sp³-hybridized carbons (Fsp3) is 0.233. The van der Waals surface area contributed by atoms with Crippen molar-refractivity contribution in [3.8, 4) is 23.0 Å². The number of rotatable bonds is 6. The molecule has 2 aliphatic rings. The summed E-state index contributed by atoms with van der Waals surface area (Å²) in [5.74, 6) is 0.434. The third-order valence-corrected chi connectivity index (χ3v) is 8.15. The number of amides is 1. The van der Waals surface area contributed by atoms with Crippen molar-refractivity contribution in [1.82, 2.24) is 4.98 Å². The Hall–Kier alpha value is -4.57. The largest absolute Gasteiger partial charge is 0.507 e. The van der Waals surface area contributed by atoms with Crippen molar-refractivity contribution in [3.05, 3.63) is 76.9 Å². The molecule has 1 aromatic heterocycles. The van der Waals surface area contributed by atoms with E-state index in [1.807, 2.05) is 13.0 Å². The van der Waals surface area contributed by atoms with E-state index in [9.17, 15) is 14.7 Å². The second kappa shape index (κ2) is 9.87. The molecule has 3 aromatic carbocycles. The van der Waals surface area contributed by atoms with Crippen LogP contribution in [-0.4, -0.2) is 49.2 Å². The number of ether oxygens (including phenoxy) is 4. The summed E-state index contributed by atoms with van der Waals surface area (Å²) in [4.78, 5) is 33.3. The normalized spacial score (nSPS) is 19.6. The summed E-state index contributed by atoms with van der Waals surface area (Å²) in [6.07, 6.45) is 0.696. The zero-order chi connectivity index (χ0) is 28.1. The highest BCUT2D eigenvalue weighted by atomic mass is 32.1. The summed E-state index contributed by atoms with van der Waals surface area (Å²) in [6.45, 7) is 1.97. The molecule has 1 amide bonds. The predicted molar refractivity (Wildman–Crippen MR) is 151 cm³/mol. The Labute approximate surface area is 234 Å². The van der Waals surface area contributed by atoms with E-state index in [2.05, 4.69) is 4.98 Å². The summed E-state index contributed by atoms with van der Waals surface area (Å²) in [7, 11) is 4.61. The highest BCUT2D eigenvalue weighted by Gasteiger charge is 2.48. The Morgan fingerprint density at radius 1 is 1.00 bits per heavy atom. The third-order valence-electron chi connectivity index (χ3n) is 7.13. The average molecular weight is 559 g/mol. The number of carbonyl (C=O) groups excluding carboxylic acids is 2. The van der Waals surface area contributed by atoms with Gasteiger partial charge < -0.3 is 24.1 Å². The number of hydrogen-bond donors (Lipinski definition) is 1. The molecule has 0 saturated carbocycles. The SMILES string of the molecule is COc1ccc2nc(N3C(=O)C(=O)C(=C(O)c4ccc5c(c4)C[C@@H](C)O5)[C@@H]3c3ccc(OC)c(OC)c3)sc2c1. The lowest BCUT2D eigenvalue weighted by Crippen LogP contribution is -2.29. The maximum absolute atomic E-state index is 13.6. The molecule has 0 radical (unpaired) electrons. The van der Waals surface area contributed by atoms with Gasteiger partial charge in [0.2, 0.25) is 0 Å². The Balaban J connectivity index is 1.55. The Bertz CT molecular complexity index is 1710. The van der Waals surface area contributed by atoms with Crippen molar-refractivity contribution >= 4 is 44.1 Å². The molecule has 1 fully saturated rings. The van der Waals surface area contributed by atoms with Gasteiger partial charge in [-0.05, 0) is 66.6 Å². The molecule has 9 nitrogen and oxygen atoms in total. The number of carbonyl (C=O) groups is 2. The first-order valence-electron chi connectivity index (χ1n) is 12.6. The standard InChI is InChI=1S/C30H26N2O7S/c1-15-11-18-12-17(6-9-21(18)39-15)27(33)25-26(16-5-10-22(37-3)23(13-16)38-4)32(29(35)28(25)34)30-31-20-8-7-19(36-2)14-24(20)40-30/h5-10,12-15,26,33H,11H2,1-4H3/t15-,26+/m1/s1. The fourth-order valence-corrected chi connectivity index (χ4v) is 6.24. The zero-order valence-electron chi connectivity index (χ0n) is 22.3. The van der Waals surface area contributed by atoms with Crippen LogP contribution in [0, 0.1) is 0 Å². The molecule has 0 bridgehead atoms. The van der Waals surface area contributed by atoms with Crippen LogP contribution in [0.2, 0.25) is 0 Å². The molecule has 0 aliphatic carbocycles. The number of Topliss-reactive ketones (excluding diaryl/α,β-unsaturated/α-hetero) is 1. The predicted octanol–water partition coefficient (Wildman–Crippen LogP) is 5.27. The summed E-state index contributed by atoms with van der Waals surface area (Å²) in [5, 5.41) is 11.9. The summed E-state index contributed by atoms with van der Waals surface area (Å²) < 4.78 is 22.8. The number of benzene rings is 3. The summed E-state index contributed by atoms with van der Waals surface area (Å²) in [5.41, 5.74) is 2.51. The van der Waals surface area contributed by atoms with Gasteiger partial charge in [-0.1, -0.05) is 17.4 Å². The Kier molecular flexibility index (Phi) is 6.34.